The van der Waals surface area contributed by atoms with Gasteiger partial charge >= 0.3 is 0 Å². The molecule has 0 saturated carbocycles. The Bertz CT molecular complexity index is 1060. The van der Waals surface area contributed by atoms with Crippen LogP contribution in [0.5, 0.6) is 5.75 Å². The zero-order chi connectivity index (χ0) is 18.3. The summed E-state index contributed by atoms with van der Waals surface area (Å²) in [6, 6.07) is 12.8. The lowest BCUT2D eigenvalue weighted by Crippen LogP contribution is -2.32. The van der Waals surface area contributed by atoms with Crippen molar-refractivity contribution >= 4 is 16.9 Å². The first-order chi connectivity index (χ1) is 12.6. The molecule has 1 aliphatic rings. The van der Waals surface area contributed by atoms with Crippen molar-refractivity contribution in [2.24, 2.45) is 0 Å². The fourth-order valence-electron chi connectivity index (χ4n) is 3.43. The van der Waals surface area contributed by atoms with Crippen LogP contribution < -0.4 is 5.43 Å². The second-order valence-corrected chi connectivity index (χ2v) is 6.16. The maximum absolute atomic E-state index is 13.1. The van der Waals surface area contributed by atoms with Crippen LogP contribution >= 0.6 is 0 Å². The number of benzene rings is 2. The number of phenolic OH excluding ortho intramolecular Hbond substituents is 1. The molecule has 0 unspecified atom stereocenters. The maximum Gasteiger partial charge on any atom is 0.290 e. The molecule has 6 heteroatoms. The largest absolute Gasteiger partial charge is 0.508 e. The minimum atomic E-state index is -0.624. The van der Waals surface area contributed by atoms with E-state index in [9.17, 15) is 14.7 Å². The van der Waals surface area contributed by atoms with Crippen molar-refractivity contribution in [3.05, 3.63) is 75.6 Å². The van der Waals surface area contributed by atoms with Crippen molar-refractivity contribution in [2.45, 2.75) is 6.04 Å². The predicted molar refractivity (Wildman–Crippen MR) is 95.3 cm³/mol. The number of nitrogens with zero attached hydrogens (tertiary/aromatic N) is 1. The average molecular weight is 351 g/mol. The van der Waals surface area contributed by atoms with E-state index in [2.05, 4.69) is 0 Å². The molecule has 6 nitrogen and oxygen atoms in total. The number of hydrogen-bond donors (Lipinski definition) is 1. The Hall–Kier alpha value is -3.12. The Balaban J connectivity index is 1.97. The smallest absolute Gasteiger partial charge is 0.290 e. The zero-order valence-electron chi connectivity index (χ0n) is 14.1. The van der Waals surface area contributed by atoms with Gasteiger partial charge in [0.1, 0.15) is 11.3 Å². The van der Waals surface area contributed by atoms with E-state index in [0.717, 1.165) is 0 Å². The van der Waals surface area contributed by atoms with E-state index in [1.54, 1.807) is 60.5 Å². The zero-order valence-corrected chi connectivity index (χ0v) is 14.1. The Labute approximate surface area is 149 Å². The van der Waals surface area contributed by atoms with E-state index in [0.29, 0.717) is 35.2 Å². The Morgan fingerprint density at radius 1 is 1.15 bits per heavy atom. The second-order valence-electron chi connectivity index (χ2n) is 6.16. The monoisotopic (exact) mass is 351 g/mol. The number of methoxy groups -OCH3 is 1. The summed E-state index contributed by atoms with van der Waals surface area (Å²) in [6.45, 7) is 0.623. The van der Waals surface area contributed by atoms with Gasteiger partial charge in [-0.15, -0.1) is 0 Å². The van der Waals surface area contributed by atoms with Crippen LogP contribution in [-0.2, 0) is 4.74 Å². The topological polar surface area (TPSA) is 80.0 Å². The highest BCUT2D eigenvalue weighted by Crippen LogP contribution is 2.38. The van der Waals surface area contributed by atoms with E-state index < -0.39 is 6.04 Å². The molecule has 0 radical (unpaired) electrons. The van der Waals surface area contributed by atoms with Gasteiger partial charge in [0.15, 0.2) is 5.43 Å². The summed E-state index contributed by atoms with van der Waals surface area (Å²) in [5.74, 6) is -0.230. The third-order valence-electron chi connectivity index (χ3n) is 4.60. The van der Waals surface area contributed by atoms with Gasteiger partial charge in [-0.05, 0) is 29.8 Å². The van der Waals surface area contributed by atoms with Gasteiger partial charge in [-0.3, -0.25) is 9.59 Å². The summed E-state index contributed by atoms with van der Waals surface area (Å²) in [5, 5.41) is 10.3. The summed E-state index contributed by atoms with van der Waals surface area (Å²) in [6.07, 6.45) is 0. The summed E-state index contributed by atoms with van der Waals surface area (Å²) in [5.41, 5.74) is 1.10. The van der Waals surface area contributed by atoms with Crippen LogP contribution in [0.1, 0.15) is 27.7 Å². The number of rotatable bonds is 4. The number of amides is 1. The van der Waals surface area contributed by atoms with Crippen molar-refractivity contribution < 1.29 is 19.1 Å². The lowest BCUT2D eigenvalue weighted by Gasteiger charge is -2.24. The van der Waals surface area contributed by atoms with E-state index in [-0.39, 0.29) is 22.8 Å². The number of carbonyl (C=O) groups excluding carboxylic acids is 1. The minimum absolute atomic E-state index is 0.0538. The van der Waals surface area contributed by atoms with Crippen LogP contribution in [0.4, 0.5) is 0 Å². The van der Waals surface area contributed by atoms with Crippen LogP contribution in [0.3, 0.4) is 0 Å². The number of ether oxygens (including phenoxy) is 1. The summed E-state index contributed by atoms with van der Waals surface area (Å²) in [4.78, 5) is 27.6. The first kappa shape index (κ1) is 16.4. The molecule has 3 aromatic rings. The molecule has 4 rings (SSSR count). The third kappa shape index (κ3) is 2.46. The van der Waals surface area contributed by atoms with Crippen LogP contribution in [0.25, 0.3) is 11.0 Å². The lowest BCUT2D eigenvalue weighted by molar-refractivity contribution is 0.0663. The van der Waals surface area contributed by atoms with Gasteiger partial charge in [-0.1, -0.05) is 24.3 Å². The lowest BCUT2D eigenvalue weighted by atomic mass is 9.98. The van der Waals surface area contributed by atoms with Gasteiger partial charge in [0.2, 0.25) is 5.76 Å². The molecule has 1 atom stereocenters. The van der Waals surface area contributed by atoms with Gasteiger partial charge in [-0.25, -0.2) is 0 Å². The molecule has 0 saturated heterocycles. The summed E-state index contributed by atoms with van der Waals surface area (Å²) >= 11 is 0. The highest BCUT2D eigenvalue weighted by atomic mass is 16.5. The van der Waals surface area contributed by atoms with E-state index in [1.165, 1.54) is 0 Å². The van der Waals surface area contributed by atoms with Gasteiger partial charge in [0.25, 0.3) is 5.91 Å². The molecule has 0 aliphatic carbocycles. The third-order valence-corrected chi connectivity index (χ3v) is 4.60. The highest BCUT2D eigenvalue weighted by molar-refractivity contribution is 5.99. The van der Waals surface area contributed by atoms with Crippen molar-refractivity contribution in [2.75, 3.05) is 20.3 Å². The fourth-order valence-corrected chi connectivity index (χ4v) is 3.43. The predicted octanol–water partition coefficient (Wildman–Crippen LogP) is 2.69. The number of para-hydroxylation sites is 1. The standard InChI is InChI=1S/C20H17NO5/c1-25-10-9-21-17(12-5-4-6-13(22)11-12)16-18(23)14-7-2-3-8-15(14)26-19(16)20(21)24/h2-8,11,17,22H,9-10H2,1H3/t17-/m1/s1. The van der Waals surface area contributed by atoms with Crippen molar-refractivity contribution in [1.29, 1.82) is 0 Å². The molecule has 1 N–H and O–H groups in total. The van der Waals surface area contributed by atoms with E-state index in [4.69, 9.17) is 9.15 Å². The molecule has 2 aromatic carbocycles. The second kappa shape index (κ2) is 6.31. The average Bonchev–Trinajstić information content (AvgIpc) is 2.93. The molecule has 26 heavy (non-hydrogen) atoms. The molecule has 1 aliphatic heterocycles. The van der Waals surface area contributed by atoms with E-state index in [1.807, 2.05) is 0 Å². The molecule has 0 fully saturated rings. The van der Waals surface area contributed by atoms with Crippen molar-refractivity contribution in [3.8, 4) is 5.75 Å². The van der Waals surface area contributed by atoms with Crippen LogP contribution in [0.2, 0.25) is 0 Å². The number of carbonyl (C=O) groups is 1. The minimum Gasteiger partial charge on any atom is -0.508 e. The van der Waals surface area contributed by atoms with Crippen LogP contribution in [0, 0.1) is 0 Å². The highest BCUT2D eigenvalue weighted by Gasteiger charge is 2.42. The van der Waals surface area contributed by atoms with Crippen molar-refractivity contribution in [1.82, 2.24) is 4.90 Å². The first-order valence-corrected chi connectivity index (χ1v) is 8.26. The van der Waals surface area contributed by atoms with Gasteiger partial charge < -0.3 is 19.2 Å². The SMILES string of the molecule is COCCN1C(=O)c2oc3ccccc3c(=O)c2[C@H]1c1cccc(O)c1. The van der Waals surface area contributed by atoms with Crippen molar-refractivity contribution in [3.63, 3.8) is 0 Å². The maximum atomic E-state index is 13.1. The Morgan fingerprint density at radius 2 is 1.96 bits per heavy atom. The molecule has 0 spiro atoms. The Morgan fingerprint density at radius 3 is 2.73 bits per heavy atom. The Kier molecular flexibility index (Phi) is 3.97. The molecule has 132 valence electrons. The normalized spacial score (nSPS) is 16.3. The molecule has 0 bridgehead atoms. The van der Waals surface area contributed by atoms with Crippen LogP contribution in [-0.4, -0.2) is 36.2 Å². The molecule has 2 heterocycles. The number of fused-ring (bicyclic) bond motifs is 2. The molecule has 1 amide bonds. The quantitative estimate of drug-likeness (QED) is 0.782. The number of phenols is 1. The van der Waals surface area contributed by atoms with Crippen LogP contribution in [0.15, 0.2) is 57.7 Å². The van der Waals surface area contributed by atoms with Gasteiger partial charge in [0.05, 0.1) is 23.6 Å². The molecule has 1 aromatic heterocycles. The number of hydrogen-bond acceptors (Lipinski definition) is 5. The van der Waals surface area contributed by atoms with E-state index >= 15 is 0 Å². The molecular weight excluding hydrogens is 334 g/mol. The summed E-state index contributed by atoms with van der Waals surface area (Å²) in [7, 11) is 1.55. The summed E-state index contributed by atoms with van der Waals surface area (Å²) < 4.78 is 10.9. The van der Waals surface area contributed by atoms with Gasteiger partial charge in [0, 0.05) is 13.7 Å². The molecular formula is C20H17NO5. The number of aromatic hydroxyl groups is 1. The first-order valence-electron chi connectivity index (χ1n) is 8.26. The van der Waals surface area contributed by atoms with Gasteiger partial charge in [-0.2, -0.15) is 0 Å². The fraction of sp³-hybridized carbons (Fsp3) is 0.200.